The fraction of sp³-hybridized carbons (Fsp3) is 0.263. The number of carboxylic acid groups (broad SMARTS) is 1. The molecule has 0 aliphatic carbocycles. The molecule has 2 aromatic rings. The van der Waals surface area contributed by atoms with Crippen LogP contribution in [0.1, 0.15) is 41.0 Å². The predicted octanol–water partition coefficient (Wildman–Crippen LogP) is 4.79. The van der Waals surface area contributed by atoms with E-state index < -0.39 is 11.9 Å². The Labute approximate surface area is 154 Å². The van der Waals surface area contributed by atoms with Crippen LogP contribution in [0.25, 0.3) is 0 Å². The molecule has 6 heteroatoms. The van der Waals surface area contributed by atoms with Gasteiger partial charge in [-0.05, 0) is 42.7 Å². The third kappa shape index (κ3) is 5.32. The molecule has 0 bridgehead atoms. The largest absolute Gasteiger partial charge is 0.493 e. The molecular formula is C19H19BrO5. The Morgan fingerprint density at radius 2 is 1.80 bits per heavy atom. The van der Waals surface area contributed by atoms with E-state index >= 15 is 0 Å². The topological polar surface area (TPSA) is 72.8 Å². The molecule has 0 spiro atoms. The van der Waals surface area contributed by atoms with Gasteiger partial charge < -0.3 is 14.6 Å². The fourth-order valence-electron chi connectivity index (χ4n) is 2.08. The van der Waals surface area contributed by atoms with E-state index in [0.717, 1.165) is 6.42 Å². The van der Waals surface area contributed by atoms with Gasteiger partial charge in [-0.2, -0.15) is 0 Å². The van der Waals surface area contributed by atoms with Crippen molar-refractivity contribution in [2.75, 3.05) is 6.61 Å². The smallest absolute Gasteiger partial charge is 0.347 e. The second kappa shape index (κ2) is 8.67. The number of aromatic carboxylic acids is 1. The van der Waals surface area contributed by atoms with E-state index in [1.165, 1.54) is 12.1 Å². The molecule has 0 aromatic heterocycles. The molecular weight excluding hydrogens is 388 g/mol. The lowest BCUT2D eigenvalue weighted by Crippen LogP contribution is -2.13. The maximum absolute atomic E-state index is 12.5. The summed E-state index contributed by atoms with van der Waals surface area (Å²) in [6.07, 6.45) is 0.860. The summed E-state index contributed by atoms with van der Waals surface area (Å²) in [5.74, 6) is -0.949. The van der Waals surface area contributed by atoms with Crippen LogP contribution in [0.15, 0.2) is 46.9 Å². The third-order valence-electron chi connectivity index (χ3n) is 3.43. The van der Waals surface area contributed by atoms with Gasteiger partial charge in [0.15, 0.2) is 0 Å². The second-order valence-electron chi connectivity index (χ2n) is 5.86. The van der Waals surface area contributed by atoms with Gasteiger partial charge in [0.1, 0.15) is 22.6 Å². The zero-order valence-corrected chi connectivity index (χ0v) is 15.6. The maximum atomic E-state index is 12.5. The minimum atomic E-state index is -1.18. The molecule has 25 heavy (non-hydrogen) atoms. The Balaban J connectivity index is 2.20. The average molecular weight is 407 g/mol. The summed E-state index contributed by atoms with van der Waals surface area (Å²) in [4.78, 5) is 23.8. The van der Waals surface area contributed by atoms with Crippen LogP contribution in [-0.4, -0.2) is 23.7 Å². The van der Waals surface area contributed by atoms with Crippen molar-refractivity contribution >= 4 is 27.9 Å². The Kier molecular flexibility index (Phi) is 6.58. The summed E-state index contributed by atoms with van der Waals surface area (Å²) in [5.41, 5.74) is 0.159. The van der Waals surface area contributed by atoms with Crippen molar-refractivity contribution < 1.29 is 24.2 Å². The molecule has 0 amide bonds. The highest BCUT2D eigenvalue weighted by molar-refractivity contribution is 9.10. The standard InChI is InChI=1S/C19H19BrO5/c1-12(2)9-10-24-16-6-4-3-5-14(16)19(23)25-17-8-7-13(20)11-15(17)18(21)22/h3-8,11-12H,9-10H2,1-2H3,(H,21,22). The van der Waals surface area contributed by atoms with Crippen LogP contribution in [-0.2, 0) is 0 Å². The molecule has 0 saturated carbocycles. The van der Waals surface area contributed by atoms with Crippen molar-refractivity contribution in [1.82, 2.24) is 0 Å². The normalized spacial score (nSPS) is 10.6. The maximum Gasteiger partial charge on any atom is 0.347 e. The molecule has 0 heterocycles. The minimum Gasteiger partial charge on any atom is -0.493 e. The summed E-state index contributed by atoms with van der Waals surface area (Å²) < 4.78 is 11.6. The summed E-state index contributed by atoms with van der Waals surface area (Å²) in [7, 11) is 0. The molecule has 0 unspecified atom stereocenters. The Bertz CT molecular complexity index is 770. The van der Waals surface area contributed by atoms with Gasteiger partial charge in [0.2, 0.25) is 0 Å². The Hall–Kier alpha value is -2.34. The zero-order chi connectivity index (χ0) is 18.4. The number of carbonyl (C=O) groups excluding carboxylic acids is 1. The van der Waals surface area contributed by atoms with Gasteiger partial charge in [0, 0.05) is 4.47 Å². The van der Waals surface area contributed by atoms with Crippen LogP contribution in [0, 0.1) is 5.92 Å². The highest BCUT2D eigenvalue weighted by Crippen LogP contribution is 2.26. The van der Waals surface area contributed by atoms with Crippen LogP contribution >= 0.6 is 15.9 Å². The number of ether oxygens (including phenoxy) is 2. The van der Waals surface area contributed by atoms with Crippen molar-refractivity contribution in [3.63, 3.8) is 0 Å². The van der Waals surface area contributed by atoms with Gasteiger partial charge in [-0.25, -0.2) is 9.59 Å². The summed E-state index contributed by atoms with van der Waals surface area (Å²) in [6, 6.07) is 11.2. The first-order valence-electron chi connectivity index (χ1n) is 7.85. The van der Waals surface area contributed by atoms with E-state index in [-0.39, 0.29) is 16.9 Å². The van der Waals surface area contributed by atoms with Crippen LogP contribution < -0.4 is 9.47 Å². The summed E-state index contributed by atoms with van der Waals surface area (Å²) in [5, 5.41) is 9.26. The summed E-state index contributed by atoms with van der Waals surface area (Å²) >= 11 is 3.20. The summed E-state index contributed by atoms with van der Waals surface area (Å²) in [6.45, 7) is 4.66. The number of halogens is 1. The number of para-hydroxylation sites is 1. The second-order valence-corrected chi connectivity index (χ2v) is 6.78. The van der Waals surface area contributed by atoms with E-state index in [4.69, 9.17) is 9.47 Å². The minimum absolute atomic E-state index is 0.0160. The molecule has 2 aromatic carbocycles. The number of rotatable bonds is 7. The molecule has 0 saturated heterocycles. The number of esters is 1. The SMILES string of the molecule is CC(C)CCOc1ccccc1C(=O)Oc1ccc(Br)cc1C(=O)O. The quantitative estimate of drug-likeness (QED) is 0.528. The molecule has 0 fully saturated rings. The van der Waals surface area contributed by atoms with E-state index in [1.807, 2.05) is 0 Å². The van der Waals surface area contributed by atoms with E-state index in [2.05, 4.69) is 29.8 Å². The molecule has 0 atom stereocenters. The molecule has 0 aliphatic heterocycles. The molecule has 5 nitrogen and oxygen atoms in total. The monoisotopic (exact) mass is 406 g/mol. The van der Waals surface area contributed by atoms with E-state index in [9.17, 15) is 14.7 Å². The lowest BCUT2D eigenvalue weighted by Gasteiger charge is -2.13. The lowest BCUT2D eigenvalue weighted by molar-refractivity contribution is 0.0680. The number of carboxylic acids is 1. The van der Waals surface area contributed by atoms with Crippen LogP contribution in [0.5, 0.6) is 11.5 Å². The van der Waals surface area contributed by atoms with E-state index in [0.29, 0.717) is 22.7 Å². The molecule has 0 aliphatic rings. The average Bonchev–Trinajstić information content (AvgIpc) is 2.56. The highest BCUT2D eigenvalue weighted by Gasteiger charge is 2.19. The first-order valence-corrected chi connectivity index (χ1v) is 8.64. The first kappa shape index (κ1) is 19.0. The molecule has 1 N–H and O–H groups in total. The zero-order valence-electron chi connectivity index (χ0n) is 14.0. The number of carbonyl (C=O) groups is 2. The number of hydrogen-bond acceptors (Lipinski definition) is 4. The number of hydrogen-bond donors (Lipinski definition) is 1. The van der Waals surface area contributed by atoms with Crippen LogP contribution in [0.2, 0.25) is 0 Å². The van der Waals surface area contributed by atoms with Crippen LogP contribution in [0.4, 0.5) is 0 Å². The van der Waals surface area contributed by atoms with Gasteiger partial charge in [-0.3, -0.25) is 0 Å². The van der Waals surface area contributed by atoms with Crippen molar-refractivity contribution in [2.45, 2.75) is 20.3 Å². The van der Waals surface area contributed by atoms with Gasteiger partial charge in [0.05, 0.1) is 6.61 Å². The van der Waals surface area contributed by atoms with Crippen molar-refractivity contribution in [2.24, 2.45) is 5.92 Å². The van der Waals surface area contributed by atoms with Gasteiger partial charge in [0.25, 0.3) is 0 Å². The molecule has 2 rings (SSSR count). The first-order chi connectivity index (χ1) is 11.9. The predicted molar refractivity (Wildman–Crippen MR) is 97.5 cm³/mol. The van der Waals surface area contributed by atoms with Crippen molar-refractivity contribution in [1.29, 1.82) is 0 Å². The Morgan fingerprint density at radius 1 is 1.08 bits per heavy atom. The number of benzene rings is 2. The van der Waals surface area contributed by atoms with Gasteiger partial charge >= 0.3 is 11.9 Å². The van der Waals surface area contributed by atoms with E-state index in [1.54, 1.807) is 30.3 Å². The Morgan fingerprint density at radius 3 is 2.48 bits per heavy atom. The third-order valence-corrected chi connectivity index (χ3v) is 3.93. The van der Waals surface area contributed by atoms with Crippen LogP contribution in [0.3, 0.4) is 0 Å². The van der Waals surface area contributed by atoms with Gasteiger partial charge in [-0.15, -0.1) is 0 Å². The molecule has 0 radical (unpaired) electrons. The highest BCUT2D eigenvalue weighted by atomic mass is 79.9. The lowest BCUT2D eigenvalue weighted by atomic mass is 10.1. The van der Waals surface area contributed by atoms with Gasteiger partial charge in [-0.1, -0.05) is 41.9 Å². The molecule has 132 valence electrons. The van der Waals surface area contributed by atoms with Crippen molar-refractivity contribution in [3.05, 3.63) is 58.1 Å². The van der Waals surface area contributed by atoms with Crippen molar-refractivity contribution in [3.8, 4) is 11.5 Å². The fourth-order valence-corrected chi connectivity index (χ4v) is 2.44.